The van der Waals surface area contributed by atoms with Crippen molar-refractivity contribution >= 4 is 0 Å². The summed E-state index contributed by atoms with van der Waals surface area (Å²) in [5, 5.41) is 0. The molecule has 0 aliphatic heterocycles. The lowest BCUT2D eigenvalue weighted by Crippen LogP contribution is -2.54. The van der Waals surface area contributed by atoms with Crippen LogP contribution in [0, 0.1) is 5.82 Å². The zero-order valence-corrected chi connectivity index (χ0v) is 12.0. The van der Waals surface area contributed by atoms with Crippen LogP contribution in [0.2, 0.25) is 0 Å². The van der Waals surface area contributed by atoms with Gasteiger partial charge in [-0.2, -0.15) is 26.3 Å². The largest absolute Gasteiger partial charge is 0.411 e. The number of nitrogens with two attached hydrogens (primary N) is 1. The first-order valence-corrected chi connectivity index (χ1v) is 6.73. The van der Waals surface area contributed by atoms with Gasteiger partial charge >= 0.3 is 12.4 Å². The van der Waals surface area contributed by atoms with Crippen LogP contribution in [-0.4, -0.2) is 12.4 Å². The summed E-state index contributed by atoms with van der Waals surface area (Å²) in [6, 6.07) is 6.05. The molecule has 0 aromatic heterocycles. The summed E-state index contributed by atoms with van der Waals surface area (Å²) in [7, 11) is 0. The van der Waals surface area contributed by atoms with Crippen molar-refractivity contribution in [3.8, 4) is 0 Å². The third-order valence-electron chi connectivity index (χ3n) is 3.73. The molecule has 0 saturated carbocycles. The fourth-order valence-corrected chi connectivity index (χ4v) is 2.59. The third-order valence-corrected chi connectivity index (χ3v) is 3.73. The molecule has 2 aromatic carbocycles. The Kier molecular flexibility index (Phi) is 4.63. The van der Waals surface area contributed by atoms with Crippen molar-refractivity contribution < 1.29 is 30.7 Å². The second-order valence-corrected chi connectivity index (χ2v) is 5.16. The molecule has 0 heterocycles. The number of hydrogen-bond acceptors (Lipinski definition) is 1. The zero-order chi connectivity index (χ0) is 18.2. The van der Waals surface area contributed by atoms with Gasteiger partial charge in [0.2, 0.25) is 5.41 Å². The summed E-state index contributed by atoms with van der Waals surface area (Å²) in [6.45, 7) is -0.0364. The van der Waals surface area contributed by atoms with Gasteiger partial charge in [-0.1, -0.05) is 36.4 Å². The van der Waals surface area contributed by atoms with Gasteiger partial charge in [0.25, 0.3) is 0 Å². The molecule has 0 radical (unpaired) electrons. The van der Waals surface area contributed by atoms with E-state index in [-0.39, 0.29) is 12.6 Å². The summed E-state index contributed by atoms with van der Waals surface area (Å²) >= 11 is 0. The Morgan fingerprint density at radius 2 is 1.29 bits per heavy atom. The molecule has 0 unspecified atom stereocenters. The minimum Gasteiger partial charge on any atom is -0.326 e. The van der Waals surface area contributed by atoms with E-state index in [0.717, 1.165) is 24.3 Å². The fourth-order valence-electron chi connectivity index (χ4n) is 2.59. The van der Waals surface area contributed by atoms with Crippen molar-refractivity contribution in [3.63, 3.8) is 0 Å². The molecule has 0 amide bonds. The first-order valence-electron chi connectivity index (χ1n) is 6.73. The first-order chi connectivity index (χ1) is 11.0. The maximum absolute atomic E-state index is 13.7. The van der Waals surface area contributed by atoms with Crippen LogP contribution < -0.4 is 5.73 Å². The van der Waals surface area contributed by atoms with Crippen molar-refractivity contribution in [1.29, 1.82) is 0 Å². The number of rotatable bonds is 3. The molecule has 0 aliphatic rings. The molecule has 2 aromatic rings. The van der Waals surface area contributed by atoms with E-state index in [1.807, 2.05) is 0 Å². The topological polar surface area (TPSA) is 26.0 Å². The Labute approximate surface area is 132 Å². The molecule has 130 valence electrons. The third kappa shape index (κ3) is 2.86. The SMILES string of the molecule is NCc1ccc(C(c2cccc(F)c2)(C(F)(F)F)C(F)(F)F)cc1. The summed E-state index contributed by atoms with van der Waals surface area (Å²) in [4.78, 5) is 0. The zero-order valence-electron chi connectivity index (χ0n) is 12.0. The molecule has 0 spiro atoms. The maximum atomic E-state index is 13.7. The van der Waals surface area contributed by atoms with Crippen LogP contribution in [0.4, 0.5) is 30.7 Å². The minimum absolute atomic E-state index is 0.0364. The van der Waals surface area contributed by atoms with Gasteiger partial charge in [0.1, 0.15) is 5.82 Å². The van der Waals surface area contributed by atoms with Crippen molar-refractivity contribution in [2.75, 3.05) is 0 Å². The van der Waals surface area contributed by atoms with Gasteiger partial charge in [0, 0.05) is 6.54 Å². The summed E-state index contributed by atoms with van der Waals surface area (Å²) in [6.07, 6.45) is -11.5. The minimum atomic E-state index is -5.73. The molecule has 2 rings (SSSR count). The van der Waals surface area contributed by atoms with Gasteiger partial charge < -0.3 is 5.73 Å². The highest BCUT2D eigenvalue weighted by molar-refractivity contribution is 5.45. The Hall–Kier alpha value is -2.09. The second kappa shape index (κ2) is 6.08. The lowest BCUT2D eigenvalue weighted by atomic mass is 9.72. The molecular weight excluding hydrogens is 339 g/mol. The quantitative estimate of drug-likeness (QED) is 0.798. The molecule has 0 atom stereocenters. The molecule has 0 saturated heterocycles. The highest BCUT2D eigenvalue weighted by atomic mass is 19.4. The number of halogens is 7. The van der Waals surface area contributed by atoms with Gasteiger partial charge in [-0.05, 0) is 28.8 Å². The van der Waals surface area contributed by atoms with Crippen LogP contribution in [0.15, 0.2) is 48.5 Å². The Balaban J connectivity index is 2.86. The molecule has 0 aliphatic carbocycles. The highest BCUT2D eigenvalue weighted by Crippen LogP contribution is 2.56. The molecule has 0 bridgehead atoms. The maximum Gasteiger partial charge on any atom is 0.411 e. The van der Waals surface area contributed by atoms with Gasteiger partial charge in [0.15, 0.2) is 0 Å². The van der Waals surface area contributed by atoms with E-state index in [4.69, 9.17) is 5.73 Å². The molecule has 0 fully saturated rings. The smallest absolute Gasteiger partial charge is 0.326 e. The fraction of sp³-hybridized carbons (Fsp3) is 0.250. The molecule has 24 heavy (non-hydrogen) atoms. The van der Waals surface area contributed by atoms with E-state index in [0.29, 0.717) is 23.8 Å². The molecule has 1 nitrogen and oxygen atoms in total. The lowest BCUT2D eigenvalue weighted by Gasteiger charge is -2.38. The van der Waals surface area contributed by atoms with Crippen molar-refractivity contribution in [2.45, 2.75) is 24.3 Å². The van der Waals surface area contributed by atoms with E-state index in [1.54, 1.807) is 0 Å². The summed E-state index contributed by atoms with van der Waals surface area (Å²) in [5.74, 6) is -1.19. The second-order valence-electron chi connectivity index (χ2n) is 5.16. The lowest BCUT2D eigenvalue weighted by molar-refractivity contribution is -0.288. The van der Waals surface area contributed by atoms with Gasteiger partial charge in [-0.15, -0.1) is 0 Å². The molecule has 8 heteroatoms. The number of benzene rings is 2. The Bertz CT molecular complexity index is 688. The van der Waals surface area contributed by atoms with E-state index in [9.17, 15) is 30.7 Å². The standard InChI is InChI=1S/C16H12F7N/c17-13-3-1-2-12(8-13)14(15(18,19)20,16(21,22)23)11-6-4-10(9-24)5-7-11/h1-8H,9,24H2. The number of alkyl halides is 6. The van der Waals surface area contributed by atoms with E-state index < -0.39 is 34.7 Å². The Morgan fingerprint density at radius 1 is 0.750 bits per heavy atom. The normalized spacial score (nSPS) is 13.2. The predicted octanol–water partition coefficient (Wildman–Crippen LogP) is 4.70. The van der Waals surface area contributed by atoms with Crippen molar-refractivity contribution in [2.24, 2.45) is 5.73 Å². The summed E-state index contributed by atoms with van der Waals surface area (Å²) in [5.41, 5.74) is -0.933. The van der Waals surface area contributed by atoms with Gasteiger partial charge in [-0.3, -0.25) is 0 Å². The molecule has 2 N–H and O–H groups in total. The van der Waals surface area contributed by atoms with Gasteiger partial charge in [-0.25, -0.2) is 4.39 Å². The van der Waals surface area contributed by atoms with Crippen molar-refractivity contribution in [1.82, 2.24) is 0 Å². The van der Waals surface area contributed by atoms with Crippen LogP contribution in [0.5, 0.6) is 0 Å². The van der Waals surface area contributed by atoms with Crippen LogP contribution >= 0.6 is 0 Å². The average molecular weight is 351 g/mol. The number of hydrogen-bond donors (Lipinski definition) is 1. The van der Waals surface area contributed by atoms with Gasteiger partial charge in [0.05, 0.1) is 0 Å². The predicted molar refractivity (Wildman–Crippen MR) is 73.6 cm³/mol. The van der Waals surface area contributed by atoms with E-state index in [2.05, 4.69) is 0 Å². The molecular formula is C16H12F7N. The van der Waals surface area contributed by atoms with Crippen LogP contribution in [0.25, 0.3) is 0 Å². The Morgan fingerprint density at radius 3 is 1.71 bits per heavy atom. The monoisotopic (exact) mass is 351 g/mol. The summed E-state index contributed by atoms with van der Waals surface area (Å²) < 4.78 is 95.5. The van der Waals surface area contributed by atoms with Crippen LogP contribution in [-0.2, 0) is 12.0 Å². The van der Waals surface area contributed by atoms with Crippen molar-refractivity contribution in [3.05, 3.63) is 71.0 Å². The van der Waals surface area contributed by atoms with Crippen LogP contribution in [0.3, 0.4) is 0 Å². The highest BCUT2D eigenvalue weighted by Gasteiger charge is 2.72. The average Bonchev–Trinajstić information content (AvgIpc) is 2.45. The van der Waals surface area contributed by atoms with E-state index in [1.165, 1.54) is 0 Å². The van der Waals surface area contributed by atoms with E-state index >= 15 is 0 Å². The first kappa shape index (κ1) is 18.3. The van der Waals surface area contributed by atoms with Crippen LogP contribution in [0.1, 0.15) is 16.7 Å².